The fraction of sp³-hybridized carbons (Fsp3) is 0.552. The Morgan fingerprint density at radius 1 is 1.16 bits per heavy atom. The van der Waals surface area contributed by atoms with E-state index >= 15 is 0 Å². The summed E-state index contributed by atoms with van der Waals surface area (Å²) in [6.07, 6.45) is 4.16. The Balaban J connectivity index is 1.27. The highest BCUT2D eigenvalue weighted by molar-refractivity contribution is 8.14. The summed E-state index contributed by atoms with van der Waals surface area (Å²) < 4.78 is 34.8. The molecule has 2 aliphatic heterocycles. The third-order valence-electron chi connectivity index (χ3n) is 7.56. The zero-order chi connectivity index (χ0) is 26.9. The topological polar surface area (TPSA) is 74.2 Å². The van der Waals surface area contributed by atoms with Crippen molar-refractivity contribution in [1.82, 2.24) is 9.62 Å². The van der Waals surface area contributed by atoms with Gasteiger partial charge >= 0.3 is 0 Å². The highest BCUT2D eigenvalue weighted by Crippen LogP contribution is 2.44. The summed E-state index contributed by atoms with van der Waals surface area (Å²) in [6, 6.07) is 12.5. The molecule has 3 aliphatic rings. The monoisotopic (exact) mass is 556 g/mol. The van der Waals surface area contributed by atoms with Crippen LogP contribution in [0.5, 0.6) is 5.75 Å². The van der Waals surface area contributed by atoms with Crippen LogP contribution in [-0.2, 0) is 16.4 Å². The first-order valence-corrected chi connectivity index (χ1v) is 16.3. The molecule has 2 aromatic rings. The van der Waals surface area contributed by atoms with Gasteiger partial charge in [0, 0.05) is 32.2 Å². The van der Waals surface area contributed by atoms with Crippen molar-refractivity contribution < 1.29 is 13.2 Å². The van der Waals surface area contributed by atoms with Crippen LogP contribution < -0.4 is 14.4 Å². The average molecular weight is 557 g/mol. The summed E-state index contributed by atoms with van der Waals surface area (Å²) in [5.74, 6) is 1.05. The lowest BCUT2D eigenvalue weighted by molar-refractivity contribution is 0.243. The molecule has 0 radical (unpaired) electrons. The summed E-state index contributed by atoms with van der Waals surface area (Å²) in [5.41, 5.74) is 5.87. The molecule has 1 unspecified atom stereocenters. The van der Waals surface area contributed by atoms with E-state index in [2.05, 4.69) is 44.9 Å². The van der Waals surface area contributed by atoms with E-state index in [0.29, 0.717) is 6.54 Å². The minimum absolute atomic E-state index is 0.112. The molecule has 1 fully saturated rings. The maximum absolute atomic E-state index is 12.9. The minimum atomic E-state index is -3.33. The van der Waals surface area contributed by atoms with E-state index in [-0.39, 0.29) is 23.1 Å². The van der Waals surface area contributed by atoms with E-state index < -0.39 is 10.0 Å². The van der Waals surface area contributed by atoms with Crippen LogP contribution in [-0.4, -0.2) is 70.5 Å². The van der Waals surface area contributed by atoms with E-state index in [1.165, 1.54) is 24.0 Å². The normalized spacial score (nSPS) is 21.7. The molecule has 7 nitrogen and oxygen atoms in total. The second-order valence-electron chi connectivity index (χ2n) is 11.0. The molecule has 1 N–H and O–H groups in total. The molecule has 0 amide bonds. The quantitative estimate of drug-likeness (QED) is 0.454. The number of ether oxygens (including phenoxy) is 1. The van der Waals surface area contributed by atoms with E-state index in [1.807, 2.05) is 34.0 Å². The third kappa shape index (κ3) is 6.22. The summed E-state index contributed by atoms with van der Waals surface area (Å²) in [6.45, 7) is 7.45. The van der Waals surface area contributed by atoms with Crippen LogP contribution in [0.4, 0.5) is 5.69 Å². The van der Waals surface area contributed by atoms with Gasteiger partial charge in [0.15, 0.2) is 0 Å². The molecule has 0 saturated carbocycles. The lowest BCUT2D eigenvalue weighted by Gasteiger charge is -2.21. The fourth-order valence-electron chi connectivity index (χ4n) is 5.69. The molecule has 0 bridgehead atoms. The first kappa shape index (κ1) is 27.5. The van der Waals surface area contributed by atoms with Gasteiger partial charge in [-0.1, -0.05) is 30.0 Å². The molecule has 9 heteroatoms. The summed E-state index contributed by atoms with van der Waals surface area (Å²) in [7, 11) is 0.734. The number of fused-ring (bicyclic) bond motifs is 1. The number of likely N-dealkylation sites (tertiary alicyclic amines) is 1. The Hall–Kier alpha value is -2.07. The van der Waals surface area contributed by atoms with Gasteiger partial charge in [0.05, 0.1) is 34.4 Å². The summed E-state index contributed by atoms with van der Waals surface area (Å²) >= 11 is 1.81. The fourth-order valence-corrected chi connectivity index (χ4v) is 8.16. The van der Waals surface area contributed by atoms with Crippen LogP contribution in [0.15, 0.2) is 41.4 Å². The second kappa shape index (κ2) is 11.6. The van der Waals surface area contributed by atoms with Crippen molar-refractivity contribution in [3.63, 3.8) is 0 Å². The molecule has 2 heterocycles. The van der Waals surface area contributed by atoms with Gasteiger partial charge in [-0.15, -0.1) is 0 Å². The number of aliphatic imine (C=N–C) groups is 1. The van der Waals surface area contributed by atoms with Crippen molar-refractivity contribution in [2.45, 2.75) is 56.9 Å². The Morgan fingerprint density at radius 3 is 2.66 bits per heavy atom. The maximum Gasteiger partial charge on any atom is 0.213 e. The van der Waals surface area contributed by atoms with Crippen LogP contribution in [0.1, 0.15) is 66.7 Å². The number of nitrogens with zero attached hydrogens (tertiary/aromatic N) is 3. The van der Waals surface area contributed by atoms with Crippen LogP contribution >= 0.6 is 11.8 Å². The molecular formula is C29H40N4O3S2. The Bertz CT molecular complexity index is 1290. The minimum Gasteiger partial charge on any atom is -0.489 e. The second-order valence-corrected chi connectivity index (χ2v) is 14.1. The number of hydrogen-bond donors (Lipinski definition) is 1. The molecule has 2 aromatic carbocycles. The first-order chi connectivity index (χ1) is 18.2. The predicted molar refractivity (Wildman–Crippen MR) is 158 cm³/mol. The van der Waals surface area contributed by atoms with Gasteiger partial charge in [-0.05, 0) is 87.5 Å². The van der Waals surface area contributed by atoms with Gasteiger partial charge in [-0.2, -0.15) is 0 Å². The highest BCUT2D eigenvalue weighted by Gasteiger charge is 2.32. The van der Waals surface area contributed by atoms with Crippen LogP contribution in [0.25, 0.3) is 0 Å². The number of hydrogen-bond acceptors (Lipinski definition) is 7. The highest BCUT2D eigenvalue weighted by atomic mass is 32.2. The van der Waals surface area contributed by atoms with Crippen molar-refractivity contribution >= 4 is 32.5 Å². The number of thioether (sulfide) groups is 1. The van der Waals surface area contributed by atoms with E-state index in [1.54, 1.807) is 11.8 Å². The van der Waals surface area contributed by atoms with E-state index in [9.17, 15) is 8.42 Å². The molecule has 0 aromatic heterocycles. The van der Waals surface area contributed by atoms with Crippen LogP contribution in [0.2, 0.25) is 0 Å². The number of sulfonamides is 1. The van der Waals surface area contributed by atoms with Crippen molar-refractivity contribution in [3.8, 4) is 5.75 Å². The standard InChI is InChI=1S/C29H40N4O3S2/c1-20(2)36-27-13-10-21(18-26(27)32(3)4)29-30-19-28(37-29)24-9-7-8-23-22(24)11-12-25(23)31-38(34,35)17-16-33-14-5-6-15-33/h7-10,13,18,20,25,28,31H,5-6,11-12,14-17,19H2,1-4H3/t25-,28?/m0/s1. The summed E-state index contributed by atoms with van der Waals surface area (Å²) in [5, 5.41) is 1.28. The molecule has 206 valence electrons. The Labute approximate surface area is 232 Å². The number of nitrogens with one attached hydrogen (secondary N) is 1. The van der Waals surface area contributed by atoms with E-state index in [0.717, 1.165) is 60.1 Å². The lowest BCUT2D eigenvalue weighted by atomic mass is 10.00. The molecular weight excluding hydrogens is 516 g/mol. The number of benzene rings is 2. The molecule has 0 spiro atoms. The van der Waals surface area contributed by atoms with Crippen LogP contribution in [0.3, 0.4) is 0 Å². The van der Waals surface area contributed by atoms with Gasteiger partial charge in [-0.3, -0.25) is 4.99 Å². The van der Waals surface area contributed by atoms with Crippen molar-refractivity contribution in [1.29, 1.82) is 0 Å². The van der Waals surface area contributed by atoms with Crippen molar-refractivity contribution in [2.24, 2.45) is 4.99 Å². The van der Waals surface area contributed by atoms with Gasteiger partial charge < -0.3 is 14.5 Å². The largest absolute Gasteiger partial charge is 0.489 e. The number of rotatable bonds is 10. The Morgan fingerprint density at radius 2 is 1.92 bits per heavy atom. The SMILES string of the molecule is CC(C)Oc1ccc(C2=NCC(c3cccc4c3CC[C@@H]4NS(=O)(=O)CCN3CCCC3)S2)cc1N(C)C. The molecule has 38 heavy (non-hydrogen) atoms. The van der Waals surface area contributed by atoms with Crippen LogP contribution in [0, 0.1) is 0 Å². The van der Waals surface area contributed by atoms with Gasteiger partial charge in [0.1, 0.15) is 5.75 Å². The van der Waals surface area contributed by atoms with Crippen molar-refractivity contribution in [3.05, 3.63) is 58.7 Å². The van der Waals surface area contributed by atoms with Gasteiger partial charge in [-0.25, -0.2) is 13.1 Å². The average Bonchev–Trinajstić information content (AvgIpc) is 3.64. The van der Waals surface area contributed by atoms with Gasteiger partial charge in [0.25, 0.3) is 0 Å². The smallest absolute Gasteiger partial charge is 0.213 e. The molecule has 5 rings (SSSR count). The third-order valence-corrected chi connectivity index (χ3v) is 10.2. The molecule has 1 aliphatic carbocycles. The number of anilines is 1. The molecule has 2 atom stereocenters. The zero-order valence-corrected chi connectivity index (χ0v) is 24.6. The Kier molecular flexibility index (Phi) is 8.38. The predicted octanol–water partition coefficient (Wildman–Crippen LogP) is 4.78. The van der Waals surface area contributed by atoms with Gasteiger partial charge in [0.2, 0.25) is 10.0 Å². The lowest BCUT2D eigenvalue weighted by Crippen LogP contribution is -2.35. The molecule has 1 saturated heterocycles. The maximum atomic E-state index is 12.9. The zero-order valence-electron chi connectivity index (χ0n) is 22.9. The van der Waals surface area contributed by atoms with Crippen molar-refractivity contribution in [2.75, 3.05) is 50.9 Å². The summed E-state index contributed by atoms with van der Waals surface area (Å²) in [4.78, 5) is 9.25. The first-order valence-electron chi connectivity index (χ1n) is 13.7. The van der Waals surface area contributed by atoms with E-state index in [4.69, 9.17) is 9.73 Å².